The van der Waals surface area contributed by atoms with Crippen LogP contribution in [-0.2, 0) is 4.74 Å². The molecule has 3 rings (SSSR count). The number of hydrogen-bond acceptors (Lipinski definition) is 3. The topological polar surface area (TPSA) is 24.5 Å². The maximum Gasteiger partial charge on any atom is 0.0480 e. The van der Waals surface area contributed by atoms with Crippen LogP contribution in [0.2, 0.25) is 0 Å². The lowest BCUT2D eigenvalue weighted by Crippen LogP contribution is -2.50. The highest BCUT2D eigenvalue weighted by molar-refractivity contribution is 4.99. The minimum atomic E-state index is 0.799. The Bertz CT molecular complexity index is 191. The SMILES string of the molecule is C1CC(N2C[C@H]3C[C@@H]2CN3)CCO1. The minimum absolute atomic E-state index is 0.799. The van der Waals surface area contributed by atoms with Crippen LogP contribution >= 0.6 is 0 Å². The van der Waals surface area contributed by atoms with Crippen molar-refractivity contribution in [2.24, 2.45) is 0 Å². The molecule has 0 aromatic carbocycles. The van der Waals surface area contributed by atoms with Gasteiger partial charge in [-0.2, -0.15) is 0 Å². The molecule has 3 aliphatic rings. The Morgan fingerprint density at radius 2 is 2.00 bits per heavy atom. The van der Waals surface area contributed by atoms with E-state index in [1.807, 2.05) is 0 Å². The molecule has 0 radical (unpaired) electrons. The van der Waals surface area contributed by atoms with Gasteiger partial charge in [-0.1, -0.05) is 0 Å². The van der Waals surface area contributed by atoms with Gasteiger partial charge in [0.25, 0.3) is 0 Å². The van der Waals surface area contributed by atoms with Crippen molar-refractivity contribution in [1.29, 1.82) is 0 Å². The van der Waals surface area contributed by atoms with E-state index >= 15 is 0 Å². The first-order valence-corrected chi connectivity index (χ1v) is 5.50. The number of rotatable bonds is 1. The van der Waals surface area contributed by atoms with E-state index in [2.05, 4.69) is 10.2 Å². The third-order valence-corrected chi connectivity index (χ3v) is 3.76. The van der Waals surface area contributed by atoms with Crippen LogP contribution in [0.15, 0.2) is 0 Å². The molecule has 0 unspecified atom stereocenters. The van der Waals surface area contributed by atoms with Crippen LogP contribution in [0.1, 0.15) is 19.3 Å². The molecule has 3 nitrogen and oxygen atoms in total. The van der Waals surface area contributed by atoms with E-state index in [0.29, 0.717) is 0 Å². The van der Waals surface area contributed by atoms with Gasteiger partial charge < -0.3 is 10.1 Å². The summed E-state index contributed by atoms with van der Waals surface area (Å²) in [5.41, 5.74) is 0. The summed E-state index contributed by atoms with van der Waals surface area (Å²) in [4.78, 5) is 2.73. The molecular formula is C10H18N2O. The lowest BCUT2D eigenvalue weighted by atomic mass is 10.1. The fraction of sp³-hybridized carbons (Fsp3) is 1.00. The summed E-state index contributed by atoms with van der Waals surface area (Å²) in [5.74, 6) is 0. The van der Waals surface area contributed by atoms with Crippen molar-refractivity contribution in [3.8, 4) is 0 Å². The zero-order valence-electron chi connectivity index (χ0n) is 8.04. The second-order valence-electron chi connectivity index (χ2n) is 4.54. The van der Waals surface area contributed by atoms with Crippen molar-refractivity contribution in [1.82, 2.24) is 10.2 Å². The standard InChI is InChI=1S/C10H18N2O/c1-3-13-4-2-9(1)12-7-8-5-10(12)6-11-8/h8-11H,1-7H2/t8-,10-/m1/s1. The Morgan fingerprint density at radius 3 is 2.62 bits per heavy atom. The molecule has 2 bridgehead atoms. The molecule has 3 fully saturated rings. The molecule has 0 spiro atoms. The van der Waals surface area contributed by atoms with E-state index < -0.39 is 0 Å². The number of nitrogens with zero attached hydrogens (tertiary/aromatic N) is 1. The zero-order chi connectivity index (χ0) is 8.67. The number of nitrogens with one attached hydrogen (secondary N) is 1. The van der Waals surface area contributed by atoms with E-state index in [0.717, 1.165) is 31.3 Å². The molecular weight excluding hydrogens is 164 g/mol. The van der Waals surface area contributed by atoms with Crippen LogP contribution in [0.3, 0.4) is 0 Å². The van der Waals surface area contributed by atoms with Crippen molar-refractivity contribution >= 4 is 0 Å². The Morgan fingerprint density at radius 1 is 1.15 bits per heavy atom. The second-order valence-corrected chi connectivity index (χ2v) is 4.54. The Hall–Kier alpha value is -0.120. The second kappa shape index (κ2) is 3.23. The quantitative estimate of drug-likeness (QED) is 0.627. The maximum absolute atomic E-state index is 5.40. The van der Waals surface area contributed by atoms with E-state index in [1.54, 1.807) is 0 Å². The summed E-state index contributed by atoms with van der Waals surface area (Å²) in [7, 11) is 0. The number of likely N-dealkylation sites (tertiary alicyclic amines) is 1. The average Bonchev–Trinajstić information content (AvgIpc) is 2.80. The third kappa shape index (κ3) is 1.39. The number of hydrogen-bond donors (Lipinski definition) is 1. The molecule has 0 saturated carbocycles. The number of fused-ring (bicyclic) bond motifs is 2. The van der Waals surface area contributed by atoms with Crippen LogP contribution in [0.5, 0.6) is 0 Å². The van der Waals surface area contributed by atoms with Gasteiger partial charge in [-0.3, -0.25) is 4.90 Å². The molecule has 2 atom stereocenters. The van der Waals surface area contributed by atoms with Gasteiger partial charge in [0.2, 0.25) is 0 Å². The molecule has 0 aromatic rings. The van der Waals surface area contributed by atoms with Gasteiger partial charge in [-0.15, -0.1) is 0 Å². The lowest BCUT2D eigenvalue weighted by Gasteiger charge is -2.37. The van der Waals surface area contributed by atoms with E-state index in [-0.39, 0.29) is 0 Å². The summed E-state index contributed by atoms with van der Waals surface area (Å²) < 4.78 is 5.40. The number of ether oxygens (including phenoxy) is 1. The first-order valence-electron chi connectivity index (χ1n) is 5.50. The molecule has 3 heteroatoms. The molecule has 3 aliphatic heterocycles. The largest absolute Gasteiger partial charge is 0.381 e. The van der Waals surface area contributed by atoms with Crippen molar-refractivity contribution < 1.29 is 4.74 Å². The fourth-order valence-corrected chi connectivity index (χ4v) is 3.06. The number of piperazine rings is 1. The summed E-state index contributed by atoms with van der Waals surface area (Å²) in [6.45, 7) is 4.47. The molecule has 1 N–H and O–H groups in total. The van der Waals surface area contributed by atoms with Crippen molar-refractivity contribution in [3.05, 3.63) is 0 Å². The van der Waals surface area contributed by atoms with Gasteiger partial charge in [0.1, 0.15) is 0 Å². The molecule has 74 valence electrons. The molecule has 3 heterocycles. The van der Waals surface area contributed by atoms with Crippen LogP contribution in [0, 0.1) is 0 Å². The van der Waals surface area contributed by atoms with Crippen molar-refractivity contribution in [2.45, 2.75) is 37.4 Å². The predicted octanol–water partition coefficient (Wildman–Crippen LogP) is 0.211. The van der Waals surface area contributed by atoms with E-state index in [9.17, 15) is 0 Å². The van der Waals surface area contributed by atoms with Gasteiger partial charge in [-0.25, -0.2) is 0 Å². The maximum atomic E-state index is 5.40. The molecule has 0 aliphatic carbocycles. The fourth-order valence-electron chi connectivity index (χ4n) is 3.06. The van der Waals surface area contributed by atoms with Crippen molar-refractivity contribution in [2.75, 3.05) is 26.3 Å². The average molecular weight is 182 g/mol. The Labute approximate surface area is 79.4 Å². The highest BCUT2D eigenvalue weighted by atomic mass is 16.5. The Balaban J connectivity index is 1.65. The summed E-state index contributed by atoms with van der Waals surface area (Å²) in [6, 6.07) is 2.46. The predicted molar refractivity (Wildman–Crippen MR) is 50.7 cm³/mol. The van der Waals surface area contributed by atoms with E-state index in [4.69, 9.17) is 4.74 Å². The highest BCUT2D eigenvalue weighted by Gasteiger charge is 2.40. The summed E-state index contributed by atoms with van der Waals surface area (Å²) in [5, 5.41) is 3.55. The first-order chi connectivity index (χ1) is 6.43. The minimum Gasteiger partial charge on any atom is -0.381 e. The molecule has 3 saturated heterocycles. The molecule has 0 aromatic heterocycles. The van der Waals surface area contributed by atoms with Crippen LogP contribution in [0.4, 0.5) is 0 Å². The highest BCUT2D eigenvalue weighted by Crippen LogP contribution is 2.28. The molecule has 13 heavy (non-hydrogen) atoms. The summed E-state index contributed by atoms with van der Waals surface area (Å²) >= 11 is 0. The lowest BCUT2D eigenvalue weighted by molar-refractivity contribution is 0.0252. The van der Waals surface area contributed by atoms with Gasteiger partial charge >= 0.3 is 0 Å². The molecule has 0 amide bonds. The summed E-state index contributed by atoms with van der Waals surface area (Å²) in [6.07, 6.45) is 3.89. The van der Waals surface area contributed by atoms with Gasteiger partial charge in [0.15, 0.2) is 0 Å². The van der Waals surface area contributed by atoms with E-state index in [1.165, 1.54) is 32.4 Å². The van der Waals surface area contributed by atoms with Crippen LogP contribution in [0.25, 0.3) is 0 Å². The van der Waals surface area contributed by atoms with Gasteiger partial charge in [0, 0.05) is 44.4 Å². The van der Waals surface area contributed by atoms with Crippen LogP contribution < -0.4 is 5.32 Å². The first kappa shape index (κ1) is 8.21. The van der Waals surface area contributed by atoms with Gasteiger partial charge in [0.05, 0.1) is 0 Å². The zero-order valence-corrected chi connectivity index (χ0v) is 8.04. The smallest absolute Gasteiger partial charge is 0.0480 e. The van der Waals surface area contributed by atoms with Crippen molar-refractivity contribution in [3.63, 3.8) is 0 Å². The Kier molecular flexibility index (Phi) is 2.04. The third-order valence-electron chi connectivity index (χ3n) is 3.76. The normalized spacial score (nSPS) is 41.5. The van der Waals surface area contributed by atoms with Gasteiger partial charge in [-0.05, 0) is 19.3 Å². The van der Waals surface area contributed by atoms with Crippen LogP contribution in [-0.4, -0.2) is 49.3 Å². The monoisotopic (exact) mass is 182 g/mol.